The summed E-state index contributed by atoms with van der Waals surface area (Å²) in [6, 6.07) is 4.34. The minimum atomic E-state index is -0.490. The smallest absolute Gasteiger partial charge is 0.240 e. The number of benzene rings is 1. The second-order valence-corrected chi connectivity index (χ2v) is 7.93. The Morgan fingerprint density at radius 2 is 1.90 bits per heavy atom. The molecular formula is C21H26F2N6O. The zero-order valence-corrected chi connectivity index (χ0v) is 17.2. The Labute approximate surface area is 174 Å². The zero-order valence-electron chi connectivity index (χ0n) is 17.2. The molecule has 0 bridgehead atoms. The van der Waals surface area contributed by atoms with Gasteiger partial charge in [-0.1, -0.05) is 6.92 Å². The van der Waals surface area contributed by atoms with Crippen molar-refractivity contribution in [1.82, 2.24) is 15.3 Å². The highest BCUT2D eigenvalue weighted by molar-refractivity contribution is 5.84. The van der Waals surface area contributed by atoms with Crippen LogP contribution in [0.15, 0.2) is 24.5 Å². The van der Waals surface area contributed by atoms with Crippen LogP contribution in [0, 0.1) is 11.6 Å². The number of aromatic nitrogens is 2. The maximum Gasteiger partial charge on any atom is 0.240 e. The standard InChI is InChI=1S/C21H26F2N6O/c1-3-14-8-16(23)17(9-15(14)22)29-11-20(30)27-21(12-29)4-6-28(7-5-21)19-10-18(24-2)25-13-26-19/h8-10,13H,3-7,11-12H2,1-2H3,(H,27,30)(H,24,25,26). The van der Waals surface area contributed by atoms with Crippen LogP contribution in [0.2, 0.25) is 0 Å². The van der Waals surface area contributed by atoms with E-state index in [2.05, 4.69) is 25.5 Å². The molecule has 1 spiro atoms. The summed E-state index contributed by atoms with van der Waals surface area (Å²) in [7, 11) is 1.80. The van der Waals surface area contributed by atoms with Crippen LogP contribution in [-0.4, -0.2) is 54.6 Å². The summed E-state index contributed by atoms with van der Waals surface area (Å²) < 4.78 is 29.0. The van der Waals surface area contributed by atoms with Crippen molar-refractivity contribution in [2.24, 2.45) is 0 Å². The van der Waals surface area contributed by atoms with Gasteiger partial charge in [0.25, 0.3) is 0 Å². The van der Waals surface area contributed by atoms with Crippen LogP contribution < -0.4 is 20.4 Å². The highest BCUT2D eigenvalue weighted by Crippen LogP contribution is 2.32. The number of carbonyl (C=O) groups is 1. The van der Waals surface area contributed by atoms with Crippen molar-refractivity contribution in [3.05, 3.63) is 41.7 Å². The number of aryl methyl sites for hydroxylation is 1. The maximum absolute atomic E-state index is 14.7. The summed E-state index contributed by atoms with van der Waals surface area (Å²) >= 11 is 0. The second kappa shape index (κ2) is 8.04. The van der Waals surface area contributed by atoms with Gasteiger partial charge in [-0.2, -0.15) is 0 Å². The normalized spacial score (nSPS) is 18.5. The molecule has 2 saturated heterocycles. The molecule has 2 N–H and O–H groups in total. The molecule has 0 radical (unpaired) electrons. The molecule has 3 heterocycles. The first-order valence-corrected chi connectivity index (χ1v) is 10.2. The van der Waals surface area contributed by atoms with E-state index in [-0.39, 0.29) is 18.1 Å². The molecule has 7 nitrogen and oxygen atoms in total. The largest absolute Gasteiger partial charge is 0.373 e. The quantitative estimate of drug-likeness (QED) is 0.797. The van der Waals surface area contributed by atoms with Crippen molar-refractivity contribution in [3.8, 4) is 0 Å². The minimum Gasteiger partial charge on any atom is -0.373 e. The number of amides is 1. The molecule has 0 aliphatic carbocycles. The molecule has 0 atom stereocenters. The van der Waals surface area contributed by atoms with E-state index in [0.29, 0.717) is 44.5 Å². The number of hydrogen-bond acceptors (Lipinski definition) is 6. The van der Waals surface area contributed by atoms with Crippen molar-refractivity contribution in [2.45, 2.75) is 31.7 Å². The Bertz CT molecular complexity index is 945. The summed E-state index contributed by atoms with van der Waals surface area (Å²) in [4.78, 5) is 24.8. The molecule has 2 fully saturated rings. The summed E-state index contributed by atoms with van der Waals surface area (Å²) in [6.45, 7) is 3.64. The molecule has 2 aliphatic rings. The predicted octanol–water partition coefficient (Wildman–Crippen LogP) is 2.33. The number of nitrogens with one attached hydrogen (secondary N) is 2. The zero-order chi connectivity index (χ0) is 21.3. The van der Waals surface area contributed by atoms with Gasteiger partial charge in [-0.15, -0.1) is 0 Å². The third-order valence-corrected chi connectivity index (χ3v) is 6.02. The van der Waals surface area contributed by atoms with Crippen LogP contribution in [0.1, 0.15) is 25.3 Å². The van der Waals surface area contributed by atoms with Crippen LogP contribution >= 0.6 is 0 Å². The van der Waals surface area contributed by atoms with Crippen LogP contribution in [-0.2, 0) is 11.2 Å². The van der Waals surface area contributed by atoms with Gasteiger partial charge < -0.3 is 20.4 Å². The van der Waals surface area contributed by atoms with E-state index >= 15 is 0 Å². The first-order chi connectivity index (χ1) is 14.4. The molecule has 30 heavy (non-hydrogen) atoms. The predicted molar refractivity (Wildman–Crippen MR) is 112 cm³/mol. The lowest BCUT2D eigenvalue weighted by Gasteiger charge is -2.48. The topological polar surface area (TPSA) is 73.4 Å². The van der Waals surface area contributed by atoms with Gasteiger partial charge in [0.2, 0.25) is 5.91 Å². The van der Waals surface area contributed by atoms with E-state index in [1.165, 1.54) is 18.5 Å². The molecule has 9 heteroatoms. The van der Waals surface area contributed by atoms with Crippen LogP contribution in [0.5, 0.6) is 0 Å². The van der Waals surface area contributed by atoms with Gasteiger partial charge in [-0.25, -0.2) is 18.7 Å². The molecule has 1 aromatic carbocycles. The van der Waals surface area contributed by atoms with E-state index in [4.69, 9.17) is 0 Å². The van der Waals surface area contributed by atoms with E-state index in [9.17, 15) is 13.6 Å². The lowest BCUT2D eigenvalue weighted by molar-refractivity contribution is -0.123. The Morgan fingerprint density at radius 1 is 1.13 bits per heavy atom. The first-order valence-electron chi connectivity index (χ1n) is 10.2. The first kappa shape index (κ1) is 20.3. The van der Waals surface area contributed by atoms with Gasteiger partial charge in [-0.3, -0.25) is 4.79 Å². The van der Waals surface area contributed by atoms with E-state index < -0.39 is 17.2 Å². The molecule has 1 aromatic heterocycles. The second-order valence-electron chi connectivity index (χ2n) is 7.93. The Morgan fingerprint density at radius 3 is 2.60 bits per heavy atom. The van der Waals surface area contributed by atoms with Crippen molar-refractivity contribution < 1.29 is 13.6 Å². The van der Waals surface area contributed by atoms with Crippen molar-refractivity contribution >= 4 is 23.2 Å². The highest BCUT2D eigenvalue weighted by Gasteiger charge is 2.42. The van der Waals surface area contributed by atoms with E-state index in [1.54, 1.807) is 18.9 Å². The Kier molecular flexibility index (Phi) is 5.44. The third kappa shape index (κ3) is 3.88. The number of piperazine rings is 1. The molecular weight excluding hydrogens is 390 g/mol. The SMILES string of the molecule is CCc1cc(F)c(N2CC(=O)NC3(CCN(c4cc(NC)ncn4)CC3)C2)cc1F. The molecule has 2 aromatic rings. The van der Waals surface area contributed by atoms with E-state index in [1.807, 2.05) is 6.07 Å². The lowest BCUT2D eigenvalue weighted by Crippen LogP contribution is -2.66. The number of rotatable bonds is 4. The molecule has 160 valence electrons. The summed E-state index contributed by atoms with van der Waals surface area (Å²) in [5.74, 6) is 0.467. The third-order valence-electron chi connectivity index (χ3n) is 6.02. The number of nitrogens with zero attached hydrogens (tertiary/aromatic N) is 4. The van der Waals surface area contributed by atoms with Crippen LogP contribution in [0.3, 0.4) is 0 Å². The summed E-state index contributed by atoms with van der Waals surface area (Å²) in [6.07, 6.45) is 3.31. The average Bonchev–Trinajstić information content (AvgIpc) is 2.75. The molecule has 0 unspecified atom stereocenters. The summed E-state index contributed by atoms with van der Waals surface area (Å²) in [5, 5.41) is 6.12. The van der Waals surface area contributed by atoms with Gasteiger partial charge in [-0.05, 0) is 30.9 Å². The van der Waals surface area contributed by atoms with Crippen LogP contribution in [0.4, 0.5) is 26.1 Å². The van der Waals surface area contributed by atoms with Crippen molar-refractivity contribution in [3.63, 3.8) is 0 Å². The maximum atomic E-state index is 14.7. The van der Waals surface area contributed by atoms with Crippen molar-refractivity contribution in [1.29, 1.82) is 0 Å². The van der Waals surface area contributed by atoms with E-state index in [0.717, 1.165) is 11.6 Å². The number of hydrogen-bond donors (Lipinski definition) is 2. The number of carbonyl (C=O) groups excluding carboxylic acids is 1. The number of anilines is 3. The molecule has 2 aliphatic heterocycles. The Balaban J connectivity index is 1.52. The fourth-order valence-electron chi connectivity index (χ4n) is 4.33. The number of halogens is 2. The minimum absolute atomic E-state index is 0.0186. The molecule has 1 amide bonds. The highest BCUT2D eigenvalue weighted by atomic mass is 19.1. The van der Waals surface area contributed by atoms with Gasteiger partial charge >= 0.3 is 0 Å². The lowest BCUT2D eigenvalue weighted by atomic mass is 9.85. The summed E-state index contributed by atoms with van der Waals surface area (Å²) in [5.41, 5.74) is 0.0131. The fourth-order valence-corrected chi connectivity index (χ4v) is 4.33. The fraction of sp³-hybridized carbons (Fsp3) is 0.476. The van der Waals surface area contributed by atoms with Crippen LogP contribution in [0.25, 0.3) is 0 Å². The van der Waals surface area contributed by atoms with Gasteiger partial charge in [0.1, 0.15) is 29.6 Å². The van der Waals surface area contributed by atoms with Gasteiger partial charge in [0.15, 0.2) is 0 Å². The van der Waals surface area contributed by atoms with Gasteiger partial charge in [0, 0.05) is 38.8 Å². The average molecular weight is 416 g/mol. The Hall–Kier alpha value is -2.97. The molecule has 0 saturated carbocycles. The van der Waals surface area contributed by atoms with Gasteiger partial charge in [0.05, 0.1) is 17.8 Å². The number of piperidine rings is 1. The molecule has 4 rings (SSSR count). The monoisotopic (exact) mass is 416 g/mol. The van der Waals surface area contributed by atoms with Crippen molar-refractivity contribution in [2.75, 3.05) is 48.3 Å².